The van der Waals surface area contributed by atoms with E-state index in [0.29, 0.717) is 48.2 Å². The van der Waals surface area contributed by atoms with Crippen LogP contribution in [0.1, 0.15) is 37.7 Å². The second-order valence-electron chi connectivity index (χ2n) is 7.75. The first-order valence-corrected chi connectivity index (χ1v) is 10.0. The van der Waals surface area contributed by atoms with Crippen molar-refractivity contribution in [3.8, 4) is 0 Å². The SMILES string of the molecule is Cc1ccc(Br)nc1NC(=O)C1CC2(CNC(=O)C3=C(F)CCC3)CC2N1. The van der Waals surface area contributed by atoms with Crippen molar-refractivity contribution in [2.24, 2.45) is 5.41 Å². The lowest BCUT2D eigenvalue weighted by molar-refractivity contribution is -0.118. The summed E-state index contributed by atoms with van der Waals surface area (Å²) in [7, 11) is 0. The van der Waals surface area contributed by atoms with Crippen molar-refractivity contribution >= 4 is 33.6 Å². The number of allylic oxidation sites excluding steroid dienone is 1. The van der Waals surface area contributed by atoms with Gasteiger partial charge in [0.25, 0.3) is 0 Å². The molecular weight excluding hydrogens is 415 g/mol. The smallest absolute Gasteiger partial charge is 0.249 e. The van der Waals surface area contributed by atoms with E-state index in [-0.39, 0.29) is 35.1 Å². The van der Waals surface area contributed by atoms with Gasteiger partial charge >= 0.3 is 0 Å². The van der Waals surface area contributed by atoms with Gasteiger partial charge in [-0.3, -0.25) is 9.59 Å². The zero-order valence-corrected chi connectivity index (χ0v) is 16.7. The second kappa shape index (κ2) is 6.98. The molecule has 1 aliphatic heterocycles. The predicted octanol–water partition coefficient (Wildman–Crippen LogP) is 2.74. The summed E-state index contributed by atoms with van der Waals surface area (Å²) in [6, 6.07) is 3.62. The number of hydrogen-bond donors (Lipinski definition) is 3. The Bertz CT molecular complexity index is 843. The van der Waals surface area contributed by atoms with E-state index in [1.165, 1.54) is 0 Å². The summed E-state index contributed by atoms with van der Waals surface area (Å²) >= 11 is 3.31. The van der Waals surface area contributed by atoms with Crippen LogP contribution in [0, 0.1) is 12.3 Å². The third-order valence-electron chi connectivity index (χ3n) is 5.85. The average Bonchev–Trinajstić information content (AvgIpc) is 2.96. The third-order valence-corrected chi connectivity index (χ3v) is 6.29. The molecule has 4 rings (SSSR count). The molecular formula is C19H22BrFN4O2. The molecule has 8 heteroatoms. The van der Waals surface area contributed by atoms with Gasteiger partial charge in [0.05, 0.1) is 6.04 Å². The Kier molecular flexibility index (Phi) is 4.80. The number of aromatic nitrogens is 1. The van der Waals surface area contributed by atoms with Gasteiger partial charge in [0, 0.05) is 23.6 Å². The molecule has 2 aliphatic carbocycles. The summed E-state index contributed by atoms with van der Waals surface area (Å²) in [5, 5.41) is 9.09. The van der Waals surface area contributed by atoms with Crippen LogP contribution in [0.2, 0.25) is 0 Å². The molecule has 6 nitrogen and oxygen atoms in total. The van der Waals surface area contributed by atoms with Crippen LogP contribution in [0.4, 0.5) is 10.2 Å². The largest absolute Gasteiger partial charge is 0.352 e. The summed E-state index contributed by atoms with van der Waals surface area (Å²) in [5.74, 6) is -0.156. The van der Waals surface area contributed by atoms with Crippen molar-refractivity contribution in [3.63, 3.8) is 0 Å². The molecule has 3 unspecified atom stereocenters. The number of fused-ring (bicyclic) bond motifs is 1. The fourth-order valence-electron chi connectivity index (χ4n) is 4.10. The number of amides is 2. The normalized spacial score (nSPS) is 28.9. The van der Waals surface area contributed by atoms with Gasteiger partial charge in [-0.25, -0.2) is 9.37 Å². The molecule has 0 spiro atoms. The number of nitrogens with one attached hydrogen (secondary N) is 3. The van der Waals surface area contributed by atoms with E-state index < -0.39 is 0 Å². The highest BCUT2D eigenvalue weighted by Crippen LogP contribution is 2.54. The van der Waals surface area contributed by atoms with E-state index >= 15 is 0 Å². The minimum Gasteiger partial charge on any atom is -0.352 e. The van der Waals surface area contributed by atoms with E-state index in [2.05, 4.69) is 36.9 Å². The molecule has 3 N–H and O–H groups in total. The summed E-state index contributed by atoms with van der Waals surface area (Å²) in [4.78, 5) is 29.1. The molecule has 1 aromatic rings. The summed E-state index contributed by atoms with van der Waals surface area (Å²) in [6.45, 7) is 2.36. The average molecular weight is 437 g/mol. The van der Waals surface area contributed by atoms with Gasteiger partial charge in [-0.2, -0.15) is 0 Å². The molecule has 3 aliphatic rings. The minimum atomic E-state index is -0.316. The number of nitrogens with zero attached hydrogens (tertiary/aromatic N) is 1. The number of halogens is 2. The summed E-state index contributed by atoms with van der Waals surface area (Å²) in [6.07, 6.45) is 3.15. The zero-order chi connectivity index (χ0) is 19.2. The summed E-state index contributed by atoms with van der Waals surface area (Å²) in [5.41, 5.74) is 1.08. The molecule has 27 heavy (non-hydrogen) atoms. The number of pyridine rings is 1. The molecule has 1 saturated heterocycles. The quantitative estimate of drug-likeness (QED) is 0.619. The Morgan fingerprint density at radius 2 is 2.19 bits per heavy atom. The highest BCUT2D eigenvalue weighted by Gasteiger charge is 2.61. The Labute approximate surface area is 165 Å². The number of carbonyl (C=O) groups excluding carboxylic acids is 2. The highest BCUT2D eigenvalue weighted by molar-refractivity contribution is 9.10. The van der Waals surface area contributed by atoms with Crippen LogP contribution in [-0.2, 0) is 9.59 Å². The first-order chi connectivity index (χ1) is 12.9. The number of piperidine rings is 1. The second-order valence-corrected chi connectivity index (χ2v) is 8.56. The van der Waals surface area contributed by atoms with Gasteiger partial charge in [-0.15, -0.1) is 0 Å². The topological polar surface area (TPSA) is 83.1 Å². The number of anilines is 1. The van der Waals surface area contributed by atoms with E-state index in [1.54, 1.807) is 0 Å². The number of carbonyl (C=O) groups is 2. The Morgan fingerprint density at radius 3 is 2.93 bits per heavy atom. The number of rotatable bonds is 5. The maximum atomic E-state index is 13.6. The van der Waals surface area contributed by atoms with Crippen LogP contribution in [0.5, 0.6) is 0 Å². The van der Waals surface area contributed by atoms with Crippen molar-refractivity contribution in [1.29, 1.82) is 0 Å². The fourth-order valence-corrected chi connectivity index (χ4v) is 4.40. The van der Waals surface area contributed by atoms with Crippen LogP contribution in [-0.4, -0.2) is 35.4 Å². The minimum absolute atomic E-state index is 0.104. The monoisotopic (exact) mass is 436 g/mol. The van der Waals surface area contributed by atoms with Crippen molar-refractivity contribution < 1.29 is 14.0 Å². The van der Waals surface area contributed by atoms with E-state index in [4.69, 9.17) is 0 Å². The lowest BCUT2D eigenvalue weighted by Crippen LogP contribution is -2.38. The van der Waals surface area contributed by atoms with Crippen molar-refractivity contribution in [1.82, 2.24) is 15.6 Å². The molecule has 2 amide bonds. The number of aryl methyl sites for hydroxylation is 1. The van der Waals surface area contributed by atoms with Crippen LogP contribution in [0.25, 0.3) is 0 Å². The first-order valence-electron chi connectivity index (χ1n) is 9.24. The van der Waals surface area contributed by atoms with E-state index in [0.717, 1.165) is 12.0 Å². The molecule has 0 bridgehead atoms. The molecule has 2 fully saturated rings. The van der Waals surface area contributed by atoms with Crippen LogP contribution in [0.3, 0.4) is 0 Å². The van der Waals surface area contributed by atoms with Crippen LogP contribution < -0.4 is 16.0 Å². The third kappa shape index (κ3) is 3.65. The van der Waals surface area contributed by atoms with Crippen molar-refractivity contribution in [2.45, 2.75) is 51.1 Å². The van der Waals surface area contributed by atoms with Gasteiger partial charge in [0.15, 0.2) is 0 Å². The molecule has 2 heterocycles. The Balaban J connectivity index is 1.33. The molecule has 3 atom stereocenters. The lowest BCUT2D eigenvalue weighted by atomic mass is 9.99. The zero-order valence-electron chi connectivity index (χ0n) is 15.1. The maximum absolute atomic E-state index is 13.6. The van der Waals surface area contributed by atoms with E-state index in [1.807, 2.05) is 19.1 Å². The Hall–Kier alpha value is -1.80. The van der Waals surface area contributed by atoms with E-state index in [9.17, 15) is 14.0 Å². The molecule has 1 aromatic heterocycles. The molecule has 1 saturated carbocycles. The lowest BCUT2D eigenvalue weighted by Gasteiger charge is -2.17. The van der Waals surface area contributed by atoms with Crippen LogP contribution >= 0.6 is 15.9 Å². The first kappa shape index (κ1) is 18.6. The predicted molar refractivity (Wildman–Crippen MR) is 103 cm³/mol. The highest BCUT2D eigenvalue weighted by atomic mass is 79.9. The van der Waals surface area contributed by atoms with Gasteiger partial charge in [0.2, 0.25) is 11.8 Å². The van der Waals surface area contributed by atoms with Gasteiger partial charge < -0.3 is 16.0 Å². The molecule has 0 aromatic carbocycles. The van der Waals surface area contributed by atoms with Crippen molar-refractivity contribution in [2.75, 3.05) is 11.9 Å². The molecule has 0 radical (unpaired) electrons. The standard InChI is InChI=1S/C19H22BrFN4O2/c1-10-5-6-15(20)24-16(10)25-18(27)13-7-19(8-14(19)23-13)9-22-17(26)11-3-2-4-12(11)21/h5-6,13-14,23H,2-4,7-9H2,1H3,(H,22,26)(H,24,25,27). The Morgan fingerprint density at radius 1 is 1.37 bits per heavy atom. The maximum Gasteiger partial charge on any atom is 0.249 e. The van der Waals surface area contributed by atoms with Gasteiger partial charge in [-0.05, 0) is 66.6 Å². The number of hydrogen-bond acceptors (Lipinski definition) is 4. The van der Waals surface area contributed by atoms with Gasteiger partial charge in [0.1, 0.15) is 16.2 Å². The fraction of sp³-hybridized carbons (Fsp3) is 0.526. The van der Waals surface area contributed by atoms with Crippen LogP contribution in [0.15, 0.2) is 28.1 Å². The summed E-state index contributed by atoms with van der Waals surface area (Å²) < 4.78 is 14.3. The van der Waals surface area contributed by atoms with Gasteiger partial charge in [-0.1, -0.05) is 6.07 Å². The van der Waals surface area contributed by atoms with Crippen molar-refractivity contribution in [3.05, 3.63) is 33.7 Å². The molecule has 144 valence electrons.